The zero-order chi connectivity index (χ0) is 14.7. The highest BCUT2D eigenvalue weighted by molar-refractivity contribution is 5.96. The molecule has 0 aliphatic carbocycles. The number of carbonyl (C=O) groups is 1. The minimum Gasteiger partial charge on any atom is -0.398 e. The summed E-state index contributed by atoms with van der Waals surface area (Å²) in [5.74, 6) is -0.0889. The fourth-order valence-corrected chi connectivity index (χ4v) is 1.97. The van der Waals surface area contributed by atoms with Crippen LogP contribution in [0.4, 0.5) is 5.69 Å². The van der Waals surface area contributed by atoms with Crippen molar-refractivity contribution in [2.75, 3.05) is 19.8 Å². The lowest BCUT2D eigenvalue weighted by molar-refractivity contribution is 0.0827. The predicted octanol–water partition coefficient (Wildman–Crippen LogP) is 2.51. The van der Waals surface area contributed by atoms with Gasteiger partial charge in [0.15, 0.2) is 0 Å². The molecule has 0 aliphatic heterocycles. The molecular formula is C16H15N3O. The predicted molar refractivity (Wildman–Crippen MR) is 79.0 cm³/mol. The number of anilines is 1. The standard InChI is InChI=1S/C16H15N3O/c1-19(2)16(20)13-6-7-14(15(18)9-13)12-5-3-4-11(8-12)10-17/h3-9H,18H2,1-2H3. The minimum absolute atomic E-state index is 0.0889. The van der Waals surface area contributed by atoms with Crippen molar-refractivity contribution in [1.29, 1.82) is 5.26 Å². The maximum absolute atomic E-state index is 11.9. The van der Waals surface area contributed by atoms with E-state index >= 15 is 0 Å². The third kappa shape index (κ3) is 2.62. The van der Waals surface area contributed by atoms with Crippen LogP contribution >= 0.6 is 0 Å². The molecule has 0 spiro atoms. The number of rotatable bonds is 2. The Balaban J connectivity index is 2.44. The van der Waals surface area contributed by atoms with Gasteiger partial charge in [-0.05, 0) is 29.8 Å². The van der Waals surface area contributed by atoms with Crippen molar-refractivity contribution < 1.29 is 4.79 Å². The van der Waals surface area contributed by atoms with Gasteiger partial charge in [-0.15, -0.1) is 0 Å². The molecule has 100 valence electrons. The van der Waals surface area contributed by atoms with Gasteiger partial charge in [0.1, 0.15) is 0 Å². The second-order valence-electron chi connectivity index (χ2n) is 4.69. The molecule has 2 aromatic rings. The molecule has 2 N–H and O–H groups in total. The number of hydrogen-bond donors (Lipinski definition) is 1. The number of benzene rings is 2. The highest BCUT2D eigenvalue weighted by Crippen LogP contribution is 2.27. The van der Waals surface area contributed by atoms with Crippen molar-refractivity contribution in [3.63, 3.8) is 0 Å². The van der Waals surface area contributed by atoms with Crippen LogP contribution in [0.5, 0.6) is 0 Å². The molecule has 0 saturated heterocycles. The second kappa shape index (κ2) is 5.45. The molecule has 0 saturated carbocycles. The molecule has 0 aliphatic rings. The van der Waals surface area contributed by atoms with Gasteiger partial charge in [-0.3, -0.25) is 4.79 Å². The average molecular weight is 265 g/mol. The van der Waals surface area contributed by atoms with Crippen molar-refractivity contribution in [2.24, 2.45) is 0 Å². The summed E-state index contributed by atoms with van der Waals surface area (Å²) in [5, 5.41) is 8.92. The van der Waals surface area contributed by atoms with Gasteiger partial charge in [-0.25, -0.2) is 0 Å². The van der Waals surface area contributed by atoms with Gasteiger partial charge in [0.05, 0.1) is 11.6 Å². The van der Waals surface area contributed by atoms with E-state index in [1.54, 1.807) is 38.4 Å². The summed E-state index contributed by atoms with van der Waals surface area (Å²) in [7, 11) is 3.39. The van der Waals surface area contributed by atoms with Gasteiger partial charge in [0, 0.05) is 30.9 Å². The number of nitrogen functional groups attached to an aromatic ring is 1. The van der Waals surface area contributed by atoms with Crippen molar-refractivity contribution in [3.05, 3.63) is 53.6 Å². The smallest absolute Gasteiger partial charge is 0.253 e. The molecule has 2 aromatic carbocycles. The van der Waals surface area contributed by atoms with E-state index in [0.29, 0.717) is 16.8 Å². The molecule has 0 bridgehead atoms. The van der Waals surface area contributed by atoms with Gasteiger partial charge in [-0.2, -0.15) is 5.26 Å². The Kier molecular flexibility index (Phi) is 3.72. The zero-order valence-electron chi connectivity index (χ0n) is 11.4. The molecular weight excluding hydrogens is 250 g/mol. The number of carbonyl (C=O) groups excluding carboxylic acids is 1. The zero-order valence-corrected chi connectivity index (χ0v) is 11.4. The number of nitriles is 1. The van der Waals surface area contributed by atoms with E-state index in [0.717, 1.165) is 11.1 Å². The summed E-state index contributed by atoms with van der Waals surface area (Å²) < 4.78 is 0. The largest absolute Gasteiger partial charge is 0.398 e. The summed E-state index contributed by atoms with van der Waals surface area (Å²) in [6, 6.07) is 14.5. The molecule has 0 aromatic heterocycles. The van der Waals surface area contributed by atoms with Gasteiger partial charge in [0.25, 0.3) is 5.91 Å². The first kappa shape index (κ1) is 13.6. The Hall–Kier alpha value is -2.80. The number of nitrogens with zero attached hydrogens (tertiary/aromatic N) is 2. The fraction of sp³-hybridized carbons (Fsp3) is 0.125. The van der Waals surface area contributed by atoms with Gasteiger partial charge < -0.3 is 10.6 Å². The molecule has 0 radical (unpaired) electrons. The summed E-state index contributed by atoms with van der Waals surface area (Å²) in [4.78, 5) is 13.4. The summed E-state index contributed by atoms with van der Waals surface area (Å²) in [6.07, 6.45) is 0. The first-order valence-corrected chi connectivity index (χ1v) is 6.14. The SMILES string of the molecule is CN(C)C(=O)c1ccc(-c2cccc(C#N)c2)c(N)c1. The number of amides is 1. The van der Waals surface area contributed by atoms with Gasteiger partial charge >= 0.3 is 0 Å². The molecule has 1 amide bonds. The lowest BCUT2D eigenvalue weighted by Gasteiger charge is -2.12. The molecule has 0 heterocycles. The van der Waals surface area contributed by atoms with E-state index in [1.807, 2.05) is 18.2 Å². The third-order valence-corrected chi connectivity index (χ3v) is 3.01. The number of nitrogens with two attached hydrogens (primary N) is 1. The maximum Gasteiger partial charge on any atom is 0.253 e. The number of hydrogen-bond acceptors (Lipinski definition) is 3. The Bertz CT molecular complexity index is 699. The van der Waals surface area contributed by atoms with Crippen LogP contribution in [0.3, 0.4) is 0 Å². The Labute approximate surface area is 118 Å². The summed E-state index contributed by atoms with van der Waals surface area (Å²) >= 11 is 0. The van der Waals surface area contributed by atoms with E-state index in [1.165, 1.54) is 4.90 Å². The van der Waals surface area contributed by atoms with E-state index in [9.17, 15) is 4.79 Å². The molecule has 0 fully saturated rings. The van der Waals surface area contributed by atoms with E-state index in [2.05, 4.69) is 6.07 Å². The summed E-state index contributed by atoms with van der Waals surface area (Å²) in [5.41, 5.74) is 9.36. The first-order chi connectivity index (χ1) is 9.52. The van der Waals surface area contributed by atoms with Crippen LogP contribution in [0.25, 0.3) is 11.1 Å². The fourth-order valence-electron chi connectivity index (χ4n) is 1.97. The van der Waals surface area contributed by atoms with Crippen LogP contribution in [0, 0.1) is 11.3 Å². The molecule has 0 atom stereocenters. The van der Waals surface area contributed by atoms with E-state index < -0.39 is 0 Å². The van der Waals surface area contributed by atoms with Crippen LogP contribution in [0.2, 0.25) is 0 Å². The third-order valence-electron chi connectivity index (χ3n) is 3.01. The van der Waals surface area contributed by atoms with Gasteiger partial charge in [-0.1, -0.05) is 18.2 Å². The van der Waals surface area contributed by atoms with Crippen molar-refractivity contribution in [2.45, 2.75) is 0 Å². The average Bonchev–Trinajstić information content (AvgIpc) is 2.46. The van der Waals surface area contributed by atoms with Crippen LogP contribution in [0.15, 0.2) is 42.5 Å². The second-order valence-corrected chi connectivity index (χ2v) is 4.69. The minimum atomic E-state index is -0.0889. The van der Waals surface area contributed by atoms with Crippen LogP contribution in [-0.2, 0) is 0 Å². The highest BCUT2D eigenvalue weighted by atomic mass is 16.2. The highest BCUT2D eigenvalue weighted by Gasteiger charge is 2.11. The quantitative estimate of drug-likeness (QED) is 0.848. The topological polar surface area (TPSA) is 70.1 Å². The first-order valence-electron chi connectivity index (χ1n) is 6.14. The van der Waals surface area contributed by atoms with Crippen LogP contribution in [0.1, 0.15) is 15.9 Å². The van der Waals surface area contributed by atoms with E-state index in [-0.39, 0.29) is 5.91 Å². The van der Waals surface area contributed by atoms with Crippen LogP contribution < -0.4 is 5.73 Å². The lowest BCUT2D eigenvalue weighted by Crippen LogP contribution is -2.21. The molecule has 4 nitrogen and oxygen atoms in total. The Morgan fingerprint density at radius 1 is 1.20 bits per heavy atom. The van der Waals surface area contributed by atoms with Crippen molar-refractivity contribution >= 4 is 11.6 Å². The monoisotopic (exact) mass is 265 g/mol. The Morgan fingerprint density at radius 3 is 2.55 bits per heavy atom. The lowest BCUT2D eigenvalue weighted by atomic mass is 10.00. The van der Waals surface area contributed by atoms with Gasteiger partial charge in [0.2, 0.25) is 0 Å². The van der Waals surface area contributed by atoms with Crippen molar-refractivity contribution in [3.8, 4) is 17.2 Å². The normalized spacial score (nSPS) is 9.85. The van der Waals surface area contributed by atoms with Crippen molar-refractivity contribution in [1.82, 2.24) is 4.90 Å². The van der Waals surface area contributed by atoms with E-state index in [4.69, 9.17) is 11.0 Å². The maximum atomic E-state index is 11.9. The molecule has 2 rings (SSSR count). The summed E-state index contributed by atoms with van der Waals surface area (Å²) in [6.45, 7) is 0. The Morgan fingerprint density at radius 2 is 1.95 bits per heavy atom. The molecule has 0 unspecified atom stereocenters. The van der Waals surface area contributed by atoms with Crippen LogP contribution in [-0.4, -0.2) is 24.9 Å². The molecule has 20 heavy (non-hydrogen) atoms. The molecule has 4 heteroatoms.